The van der Waals surface area contributed by atoms with Crippen LogP contribution < -0.4 is 10.1 Å². The zero-order valence-corrected chi connectivity index (χ0v) is 13.1. The molecule has 1 aliphatic rings. The SMILES string of the molecule is CC(C)(C)OC(=O)Nc1ccc2c(c1)C(=O)CC(C)(C)O2. The van der Waals surface area contributed by atoms with Gasteiger partial charge in [0.15, 0.2) is 5.78 Å². The lowest BCUT2D eigenvalue weighted by Gasteiger charge is -2.31. The highest BCUT2D eigenvalue weighted by Crippen LogP contribution is 2.34. The molecule has 5 heteroatoms. The van der Waals surface area contributed by atoms with Crippen molar-refractivity contribution in [3.05, 3.63) is 23.8 Å². The average Bonchev–Trinajstić information content (AvgIpc) is 2.26. The predicted molar refractivity (Wildman–Crippen MR) is 80.0 cm³/mol. The first-order chi connectivity index (χ1) is 9.56. The second-order valence-corrected chi connectivity index (χ2v) is 6.80. The topological polar surface area (TPSA) is 64.6 Å². The van der Waals surface area contributed by atoms with E-state index in [4.69, 9.17) is 9.47 Å². The zero-order chi connectivity index (χ0) is 15.8. The Balaban J connectivity index is 2.17. The van der Waals surface area contributed by atoms with Crippen LogP contribution in [-0.4, -0.2) is 23.1 Å². The van der Waals surface area contributed by atoms with Gasteiger partial charge in [0.2, 0.25) is 0 Å². The van der Waals surface area contributed by atoms with Gasteiger partial charge < -0.3 is 9.47 Å². The number of ether oxygens (including phenoxy) is 2. The van der Waals surface area contributed by atoms with Crippen LogP contribution in [-0.2, 0) is 4.74 Å². The van der Waals surface area contributed by atoms with Gasteiger partial charge in [-0.15, -0.1) is 0 Å². The lowest BCUT2D eigenvalue weighted by atomic mass is 9.93. The maximum absolute atomic E-state index is 12.1. The maximum Gasteiger partial charge on any atom is 0.412 e. The third-order valence-corrected chi connectivity index (χ3v) is 2.90. The molecule has 21 heavy (non-hydrogen) atoms. The summed E-state index contributed by atoms with van der Waals surface area (Å²) in [5, 5.41) is 2.62. The number of carbonyl (C=O) groups is 2. The van der Waals surface area contributed by atoms with Gasteiger partial charge in [0.1, 0.15) is 17.0 Å². The molecular formula is C16H21NO4. The van der Waals surface area contributed by atoms with Crippen LogP contribution in [0.15, 0.2) is 18.2 Å². The highest BCUT2D eigenvalue weighted by molar-refractivity contribution is 6.01. The minimum Gasteiger partial charge on any atom is -0.487 e. The van der Waals surface area contributed by atoms with E-state index >= 15 is 0 Å². The summed E-state index contributed by atoms with van der Waals surface area (Å²) in [6.45, 7) is 9.12. The molecule has 0 aromatic heterocycles. The molecule has 0 saturated heterocycles. The molecule has 0 bridgehead atoms. The zero-order valence-electron chi connectivity index (χ0n) is 13.1. The van der Waals surface area contributed by atoms with Gasteiger partial charge in [-0.25, -0.2) is 4.79 Å². The number of hydrogen-bond donors (Lipinski definition) is 1. The summed E-state index contributed by atoms with van der Waals surface area (Å²) in [5.74, 6) is 0.556. The van der Waals surface area contributed by atoms with E-state index in [-0.39, 0.29) is 5.78 Å². The van der Waals surface area contributed by atoms with Gasteiger partial charge >= 0.3 is 6.09 Å². The van der Waals surface area contributed by atoms with Gasteiger partial charge in [-0.2, -0.15) is 0 Å². The number of benzene rings is 1. The van der Waals surface area contributed by atoms with Gasteiger partial charge in [-0.1, -0.05) is 0 Å². The van der Waals surface area contributed by atoms with Crippen LogP contribution in [0.5, 0.6) is 5.75 Å². The summed E-state index contributed by atoms with van der Waals surface area (Å²) in [6.07, 6.45) is -0.234. The molecule has 1 aromatic rings. The Hall–Kier alpha value is -2.04. The molecule has 114 valence electrons. The number of fused-ring (bicyclic) bond motifs is 1. The van der Waals surface area contributed by atoms with Gasteiger partial charge in [0, 0.05) is 5.69 Å². The number of ketones is 1. The predicted octanol–water partition coefficient (Wildman–Crippen LogP) is 3.78. The van der Waals surface area contributed by atoms with E-state index in [1.807, 2.05) is 13.8 Å². The first kappa shape index (κ1) is 15.4. The van der Waals surface area contributed by atoms with Gasteiger partial charge in [0.25, 0.3) is 0 Å². The minimum absolute atomic E-state index is 0.00842. The molecule has 0 fully saturated rings. The Morgan fingerprint density at radius 1 is 1.33 bits per heavy atom. The molecule has 0 saturated carbocycles. The van der Waals surface area contributed by atoms with E-state index in [0.29, 0.717) is 23.4 Å². The quantitative estimate of drug-likeness (QED) is 0.855. The van der Waals surface area contributed by atoms with Crippen molar-refractivity contribution in [3.8, 4) is 5.75 Å². The van der Waals surface area contributed by atoms with E-state index in [1.54, 1.807) is 39.0 Å². The Morgan fingerprint density at radius 3 is 2.62 bits per heavy atom. The smallest absolute Gasteiger partial charge is 0.412 e. The van der Waals surface area contributed by atoms with E-state index in [9.17, 15) is 9.59 Å². The van der Waals surface area contributed by atoms with Crippen LogP contribution in [0, 0.1) is 0 Å². The number of anilines is 1. The normalized spacial score (nSPS) is 16.7. The maximum atomic E-state index is 12.1. The lowest BCUT2D eigenvalue weighted by Crippen LogP contribution is -2.36. The molecule has 1 heterocycles. The molecule has 1 N–H and O–H groups in total. The Bertz CT molecular complexity index is 584. The number of hydrogen-bond acceptors (Lipinski definition) is 4. The Morgan fingerprint density at radius 2 is 2.00 bits per heavy atom. The van der Waals surface area contributed by atoms with Gasteiger partial charge in [0.05, 0.1) is 12.0 Å². The van der Waals surface area contributed by atoms with E-state index < -0.39 is 17.3 Å². The van der Waals surface area contributed by atoms with Crippen LogP contribution in [0.2, 0.25) is 0 Å². The van der Waals surface area contributed by atoms with E-state index in [1.165, 1.54) is 0 Å². The highest BCUT2D eigenvalue weighted by Gasteiger charge is 2.32. The van der Waals surface area contributed by atoms with Crippen molar-refractivity contribution in [1.82, 2.24) is 0 Å². The third-order valence-electron chi connectivity index (χ3n) is 2.90. The lowest BCUT2D eigenvalue weighted by molar-refractivity contribution is 0.0609. The molecular weight excluding hydrogens is 270 g/mol. The molecule has 1 amide bonds. The fourth-order valence-corrected chi connectivity index (χ4v) is 2.15. The number of Topliss-reactive ketones (excluding diaryl/α,β-unsaturated/α-hetero) is 1. The minimum atomic E-state index is -0.568. The van der Waals surface area contributed by atoms with Gasteiger partial charge in [-0.05, 0) is 52.8 Å². The van der Waals surface area contributed by atoms with E-state index in [0.717, 1.165) is 0 Å². The summed E-state index contributed by atoms with van der Waals surface area (Å²) in [6, 6.07) is 5.01. The number of carbonyl (C=O) groups excluding carboxylic acids is 2. The van der Waals surface area contributed by atoms with Crippen molar-refractivity contribution in [1.29, 1.82) is 0 Å². The Labute approximate surface area is 124 Å². The largest absolute Gasteiger partial charge is 0.487 e. The summed E-state index contributed by atoms with van der Waals surface area (Å²) < 4.78 is 10.9. The van der Waals surface area contributed by atoms with Crippen molar-refractivity contribution >= 4 is 17.6 Å². The molecule has 0 unspecified atom stereocenters. The Kier molecular flexibility index (Phi) is 3.70. The van der Waals surface area contributed by atoms with Gasteiger partial charge in [-0.3, -0.25) is 10.1 Å². The van der Waals surface area contributed by atoms with Crippen molar-refractivity contribution in [2.75, 3.05) is 5.32 Å². The van der Waals surface area contributed by atoms with Crippen molar-refractivity contribution < 1.29 is 19.1 Å². The van der Waals surface area contributed by atoms with Crippen LogP contribution in [0.3, 0.4) is 0 Å². The number of rotatable bonds is 1. The number of amides is 1. The van der Waals surface area contributed by atoms with Crippen LogP contribution >= 0.6 is 0 Å². The summed E-state index contributed by atoms with van der Waals surface area (Å²) >= 11 is 0. The first-order valence-electron chi connectivity index (χ1n) is 6.92. The van der Waals surface area contributed by atoms with Crippen molar-refractivity contribution in [3.63, 3.8) is 0 Å². The first-order valence-corrected chi connectivity index (χ1v) is 6.92. The molecule has 0 spiro atoms. The van der Waals surface area contributed by atoms with Crippen LogP contribution in [0.4, 0.5) is 10.5 Å². The third kappa shape index (κ3) is 3.97. The molecule has 0 atom stereocenters. The van der Waals surface area contributed by atoms with Crippen molar-refractivity contribution in [2.45, 2.75) is 52.2 Å². The fourth-order valence-electron chi connectivity index (χ4n) is 2.15. The monoisotopic (exact) mass is 291 g/mol. The fraction of sp³-hybridized carbons (Fsp3) is 0.500. The second-order valence-electron chi connectivity index (χ2n) is 6.80. The summed E-state index contributed by atoms with van der Waals surface area (Å²) in [4.78, 5) is 23.9. The molecule has 1 aromatic carbocycles. The van der Waals surface area contributed by atoms with E-state index in [2.05, 4.69) is 5.32 Å². The molecule has 0 aliphatic carbocycles. The highest BCUT2D eigenvalue weighted by atomic mass is 16.6. The van der Waals surface area contributed by atoms with Crippen LogP contribution in [0.1, 0.15) is 51.4 Å². The molecule has 1 aliphatic heterocycles. The standard InChI is InChI=1S/C16H21NO4/c1-15(2,3)21-14(19)17-10-6-7-13-11(8-10)12(18)9-16(4,5)20-13/h6-8H,9H2,1-5H3,(H,17,19). The summed E-state index contributed by atoms with van der Waals surface area (Å²) in [5.41, 5.74) is -0.0617. The van der Waals surface area contributed by atoms with Crippen molar-refractivity contribution in [2.24, 2.45) is 0 Å². The molecule has 0 radical (unpaired) electrons. The molecule has 2 rings (SSSR count). The van der Waals surface area contributed by atoms with Crippen LogP contribution in [0.25, 0.3) is 0 Å². The second kappa shape index (κ2) is 5.06. The number of nitrogens with one attached hydrogen (secondary N) is 1. The average molecular weight is 291 g/mol. The summed E-state index contributed by atoms with van der Waals surface area (Å²) in [7, 11) is 0. The molecule has 5 nitrogen and oxygen atoms in total.